The third-order valence-electron chi connectivity index (χ3n) is 4.62. The molecule has 0 saturated heterocycles. The molecule has 6 heteroatoms. The van der Waals surface area contributed by atoms with Crippen molar-refractivity contribution in [2.24, 2.45) is 0 Å². The van der Waals surface area contributed by atoms with Gasteiger partial charge in [0, 0.05) is 17.3 Å². The van der Waals surface area contributed by atoms with Gasteiger partial charge in [0.05, 0.1) is 11.3 Å². The van der Waals surface area contributed by atoms with Crippen LogP contribution in [-0.4, -0.2) is 16.0 Å². The summed E-state index contributed by atoms with van der Waals surface area (Å²) in [6.07, 6.45) is 1.15. The van der Waals surface area contributed by atoms with Crippen molar-refractivity contribution in [2.45, 2.75) is 12.8 Å². The first-order chi connectivity index (χ1) is 14.6. The quantitative estimate of drug-likeness (QED) is 0.392. The first kappa shape index (κ1) is 19.9. The molecular weight excluding hydrogens is 444 g/mol. The Morgan fingerprint density at radius 1 is 0.933 bits per heavy atom. The number of benzene rings is 3. The highest BCUT2D eigenvalue weighted by molar-refractivity contribution is 9.10. The average molecular weight is 463 g/mol. The first-order valence-electron chi connectivity index (χ1n) is 9.45. The molecule has 3 aromatic carbocycles. The van der Waals surface area contributed by atoms with E-state index in [1.807, 2.05) is 60.7 Å². The number of phenolic OH excluding ortho intramolecular Hbond substituents is 1. The summed E-state index contributed by atoms with van der Waals surface area (Å²) in [5.74, 6) is 0.0858. The number of amides is 1. The van der Waals surface area contributed by atoms with Crippen LogP contribution in [-0.2, 0) is 12.8 Å². The summed E-state index contributed by atoms with van der Waals surface area (Å²) in [6.45, 7) is 0. The fraction of sp³-hybridized carbons (Fsp3) is 0.0833. The molecule has 1 amide bonds. The Morgan fingerprint density at radius 3 is 2.23 bits per heavy atom. The van der Waals surface area contributed by atoms with Crippen molar-refractivity contribution < 1.29 is 14.3 Å². The van der Waals surface area contributed by atoms with Crippen LogP contribution < -0.4 is 5.32 Å². The lowest BCUT2D eigenvalue weighted by Crippen LogP contribution is -2.12. The number of hydrogen-bond donors (Lipinski definition) is 2. The second-order valence-electron chi connectivity index (χ2n) is 6.83. The number of carbonyl (C=O) groups excluding carboxylic acids is 1. The van der Waals surface area contributed by atoms with Gasteiger partial charge in [0.2, 0.25) is 0 Å². The van der Waals surface area contributed by atoms with Crippen molar-refractivity contribution in [3.63, 3.8) is 0 Å². The Balaban J connectivity index is 1.62. The van der Waals surface area contributed by atoms with Gasteiger partial charge in [0.15, 0.2) is 0 Å². The number of aromatic hydroxyl groups is 1. The first-order valence-corrected chi connectivity index (χ1v) is 10.2. The normalized spacial score (nSPS) is 10.7. The molecule has 0 aliphatic rings. The number of hydrogen-bond acceptors (Lipinski definition) is 4. The second-order valence-corrected chi connectivity index (χ2v) is 7.74. The van der Waals surface area contributed by atoms with Crippen molar-refractivity contribution in [1.82, 2.24) is 4.98 Å². The van der Waals surface area contributed by atoms with E-state index in [2.05, 4.69) is 26.2 Å². The number of nitrogens with zero attached hydrogens (tertiary/aromatic N) is 1. The number of carbonyl (C=O) groups is 1. The summed E-state index contributed by atoms with van der Waals surface area (Å²) < 4.78 is 6.60. The maximum atomic E-state index is 12.6. The number of nitrogens with one attached hydrogen (secondary N) is 1. The molecule has 2 N–H and O–H groups in total. The molecule has 4 aromatic rings. The molecular formula is C24H19BrN2O3. The highest BCUT2D eigenvalue weighted by Crippen LogP contribution is 2.25. The smallest absolute Gasteiger partial charge is 0.302 e. The molecule has 0 spiro atoms. The molecule has 4 rings (SSSR count). The van der Waals surface area contributed by atoms with Crippen LogP contribution in [0.3, 0.4) is 0 Å². The summed E-state index contributed by atoms with van der Waals surface area (Å²) in [6, 6.07) is 24.7. The lowest BCUT2D eigenvalue weighted by atomic mass is 10.1. The minimum atomic E-state index is -0.493. The molecule has 0 unspecified atom stereocenters. The molecule has 0 aliphatic heterocycles. The van der Waals surface area contributed by atoms with Gasteiger partial charge in [-0.15, -0.1) is 0 Å². The van der Waals surface area contributed by atoms with Gasteiger partial charge < -0.3 is 9.52 Å². The second kappa shape index (κ2) is 8.97. The summed E-state index contributed by atoms with van der Waals surface area (Å²) in [7, 11) is 0. The monoisotopic (exact) mass is 462 g/mol. The maximum absolute atomic E-state index is 12.6. The van der Waals surface area contributed by atoms with Crippen LogP contribution in [0.4, 0.5) is 6.01 Å². The van der Waals surface area contributed by atoms with Crippen LogP contribution in [0.25, 0.3) is 0 Å². The molecule has 0 aliphatic carbocycles. The summed E-state index contributed by atoms with van der Waals surface area (Å²) >= 11 is 3.31. The van der Waals surface area contributed by atoms with E-state index < -0.39 is 5.91 Å². The van der Waals surface area contributed by atoms with Crippen molar-refractivity contribution in [3.05, 3.63) is 111 Å². The molecule has 0 fully saturated rings. The Morgan fingerprint density at radius 2 is 1.57 bits per heavy atom. The minimum absolute atomic E-state index is 0.108. The number of oxazole rings is 1. The van der Waals surface area contributed by atoms with Crippen molar-refractivity contribution in [1.29, 1.82) is 0 Å². The average Bonchev–Trinajstić information content (AvgIpc) is 3.11. The fourth-order valence-electron chi connectivity index (χ4n) is 3.14. The van der Waals surface area contributed by atoms with E-state index in [1.54, 1.807) is 12.1 Å². The van der Waals surface area contributed by atoms with Crippen molar-refractivity contribution in [2.75, 3.05) is 5.32 Å². The third kappa shape index (κ3) is 4.78. The molecule has 0 bridgehead atoms. The molecule has 1 heterocycles. The predicted molar refractivity (Wildman–Crippen MR) is 119 cm³/mol. The molecule has 1 aromatic heterocycles. The maximum Gasteiger partial charge on any atom is 0.302 e. The lowest BCUT2D eigenvalue weighted by Gasteiger charge is -2.04. The molecule has 150 valence electrons. The van der Waals surface area contributed by atoms with E-state index >= 15 is 0 Å². The highest BCUT2D eigenvalue weighted by Gasteiger charge is 2.18. The van der Waals surface area contributed by atoms with Gasteiger partial charge in [0.1, 0.15) is 11.5 Å². The van der Waals surface area contributed by atoms with Crippen LogP contribution >= 0.6 is 15.9 Å². The zero-order chi connectivity index (χ0) is 20.9. The number of aromatic nitrogens is 1. The van der Waals surface area contributed by atoms with Gasteiger partial charge in [-0.3, -0.25) is 10.1 Å². The summed E-state index contributed by atoms with van der Waals surface area (Å²) in [5.41, 5.74) is 3.09. The molecule has 0 atom stereocenters. The van der Waals surface area contributed by atoms with E-state index in [9.17, 15) is 9.90 Å². The minimum Gasteiger partial charge on any atom is -0.507 e. The van der Waals surface area contributed by atoms with Gasteiger partial charge in [-0.25, -0.2) is 0 Å². The predicted octanol–water partition coefficient (Wildman–Crippen LogP) is 5.58. The lowest BCUT2D eigenvalue weighted by molar-refractivity contribution is 0.102. The van der Waals surface area contributed by atoms with Gasteiger partial charge in [-0.05, 0) is 29.3 Å². The van der Waals surface area contributed by atoms with Gasteiger partial charge >= 0.3 is 6.01 Å². The van der Waals surface area contributed by atoms with Crippen LogP contribution in [0, 0.1) is 0 Å². The Kier molecular flexibility index (Phi) is 5.95. The standard InChI is InChI=1S/C24H19BrN2O3/c25-18-11-12-21(28)19(15-18)23(29)27-24-26-20(13-16-7-3-1-4-8-16)22(30-24)14-17-9-5-2-6-10-17/h1-12,15,28H,13-14H2,(H,26,27,29). The SMILES string of the molecule is O=C(Nc1nc(Cc2ccccc2)c(Cc2ccccc2)o1)c1cc(Br)ccc1O. The topological polar surface area (TPSA) is 75.4 Å². The van der Waals surface area contributed by atoms with E-state index in [1.165, 1.54) is 6.07 Å². The summed E-state index contributed by atoms with van der Waals surface area (Å²) in [5, 5.41) is 12.7. The van der Waals surface area contributed by atoms with Crippen LogP contribution in [0.15, 0.2) is 87.8 Å². The zero-order valence-corrected chi connectivity index (χ0v) is 17.6. The third-order valence-corrected chi connectivity index (χ3v) is 5.12. The fourth-order valence-corrected chi connectivity index (χ4v) is 3.50. The highest BCUT2D eigenvalue weighted by atomic mass is 79.9. The van der Waals surface area contributed by atoms with Gasteiger partial charge in [-0.1, -0.05) is 76.6 Å². The molecule has 30 heavy (non-hydrogen) atoms. The number of rotatable bonds is 6. The number of halogens is 1. The number of phenols is 1. The Hall–Kier alpha value is -3.38. The Bertz CT molecular complexity index is 1100. The van der Waals surface area contributed by atoms with Crippen molar-refractivity contribution >= 4 is 27.9 Å². The number of anilines is 1. The van der Waals surface area contributed by atoms with E-state index in [4.69, 9.17) is 4.42 Å². The largest absolute Gasteiger partial charge is 0.507 e. The van der Waals surface area contributed by atoms with Gasteiger partial charge in [-0.2, -0.15) is 4.98 Å². The van der Waals surface area contributed by atoms with E-state index in [0.717, 1.165) is 16.8 Å². The van der Waals surface area contributed by atoms with E-state index in [-0.39, 0.29) is 17.3 Å². The Labute approximate surface area is 182 Å². The molecule has 5 nitrogen and oxygen atoms in total. The molecule has 0 radical (unpaired) electrons. The zero-order valence-electron chi connectivity index (χ0n) is 16.0. The van der Waals surface area contributed by atoms with E-state index in [0.29, 0.717) is 23.1 Å². The summed E-state index contributed by atoms with van der Waals surface area (Å²) in [4.78, 5) is 17.2. The molecule has 0 saturated carbocycles. The van der Waals surface area contributed by atoms with Crippen LogP contribution in [0.1, 0.15) is 32.9 Å². The van der Waals surface area contributed by atoms with Crippen LogP contribution in [0.5, 0.6) is 5.75 Å². The van der Waals surface area contributed by atoms with Gasteiger partial charge in [0.25, 0.3) is 5.91 Å². The van der Waals surface area contributed by atoms with Crippen molar-refractivity contribution in [3.8, 4) is 5.75 Å². The van der Waals surface area contributed by atoms with Crippen LogP contribution in [0.2, 0.25) is 0 Å².